The van der Waals surface area contributed by atoms with Crippen LogP contribution in [-0.4, -0.2) is 36.1 Å². The standard InChI is InChI=1S/C15H17FN4.C8H14O2/c16-13-10-18-15(17)19-14(13)11-5-4-6-12(9-11)20-7-2-1-3-8-20;1-10-8(9)7-5-3-2-4-6-7/h4-6,9-10H,1-3,7-8H2,(H2,17,18,19);7H,2-6H2,1H3. The zero-order valence-electron chi connectivity index (χ0n) is 17.6. The molecule has 1 aliphatic heterocycles. The Balaban J connectivity index is 0.000000216. The number of hydrogen-bond acceptors (Lipinski definition) is 6. The number of methoxy groups -OCH3 is 1. The number of halogens is 1. The van der Waals surface area contributed by atoms with Gasteiger partial charge in [-0.25, -0.2) is 14.4 Å². The molecule has 4 rings (SSSR count). The predicted octanol–water partition coefficient (Wildman–Crippen LogP) is 4.59. The van der Waals surface area contributed by atoms with E-state index >= 15 is 0 Å². The summed E-state index contributed by atoms with van der Waals surface area (Å²) < 4.78 is 18.5. The minimum atomic E-state index is -0.449. The van der Waals surface area contributed by atoms with Crippen molar-refractivity contribution in [2.75, 3.05) is 30.8 Å². The van der Waals surface area contributed by atoms with Gasteiger partial charge in [0.15, 0.2) is 5.82 Å². The maximum absolute atomic E-state index is 13.8. The number of esters is 1. The third kappa shape index (κ3) is 5.90. The van der Waals surface area contributed by atoms with E-state index in [1.165, 1.54) is 45.6 Å². The van der Waals surface area contributed by atoms with E-state index in [-0.39, 0.29) is 23.5 Å². The Bertz CT molecular complexity index is 834. The van der Waals surface area contributed by atoms with Crippen molar-refractivity contribution < 1.29 is 13.9 Å². The fraction of sp³-hybridized carbons (Fsp3) is 0.522. The molecule has 1 saturated heterocycles. The molecule has 2 N–H and O–H groups in total. The van der Waals surface area contributed by atoms with Crippen LogP contribution in [-0.2, 0) is 9.53 Å². The lowest BCUT2D eigenvalue weighted by Crippen LogP contribution is -2.29. The second-order valence-electron chi connectivity index (χ2n) is 7.88. The molecule has 0 bridgehead atoms. The molecule has 6 nitrogen and oxygen atoms in total. The first-order chi connectivity index (χ1) is 14.6. The van der Waals surface area contributed by atoms with Gasteiger partial charge < -0.3 is 15.4 Å². The maximum atomic E-state index is 13.8. The van der Waals surface area contributed by atoms with Gasteiger partial charge in [-0.1, -0.05) is 31.4 Å². The number of benzene rings is 1. The number of aromatic nitrogens is 2. The molecule has 7 heteroatoms. The molecule has 1 saturated carbocycles. The number of nitrogens with two attached hydrogens (primary N) is 1. The first-order valence-electron chi connectivity index (χ1n) is 10.8. The van der Waals surface area contributed by atoms with Crippen LogP contribution < -0.4 is 10.6 Å². The zero-order chi connectivity index (χ0) is 21.3. The first kappa shape index (κ1) is 22.0. The first-order valence-corrected chi connectivity index (χ1v) is 10.8. The molecule has 2 fully saturated rings. The Kier molecular flexibility index (Phi) is 7.99. The van der Waals surface area contributed by atoms with E-state index in [1.807, 2.05) is 18.2 Å². The number of rotatable bonds is 3. The highest BCUT2D eigenvalue weighted by atomic mass is 19.1. The fourth-order valence-corrected chi connectivity index (χ4v) is 4.09. The molecule has 2 heterocycles. The third-order valence-corrected chi connectivity index (χ3v) is 5.74. The van der Waals surface area contributed by atoms with Crippen LogP contribution in [0.5, 0.6) is 0 Å². The minimum Gasteiger partial charge on any atom is -0.469 e. The summed E-state index contributed by atoms with van der Waals surface area (Å²) in [5, 5.41) is 0. The number of hydrogen-bond donors (Lipinski definition) is 1. The van der Waals surface area contributed by atoms with Crippen molar-refractivity contribution in [3.8, 4) is 11.3 Å². The van der Waals surface area contributed by atoms with Crippen LogP contribution in [0.1, 0.15) is 51.4 Å². The van der Waals surface area contributed by atoms with Crippen molar-refractivity contribution in [1.82, 2.24) is 9.97 Å². The van der Waals surface area contributed by atoms with Gasteiger partial charge in [-0.05, 0) is 44.2 Å². The van der Waals surface area contributed by atoms with E-state index in [2.05, 4.69) is 25.7 Å². The van der Waals surface area contributed by atoms with Gasteiger partial charge in [0.2, 0.25) is 5.95 Å². The van der Waals surface area contributed by atoms with E-state index in [9.17, 15) is 9.18 Å². The van der Waals surface area contributed by atoms with Crippen molar-refractivity contribution >= 4 is 17.6 Å². The molecule has 2 aromatic rings. The summed E-state index contributed by atoms with van der Waals surface area (Å²) in [6, 6.07) is 7.79. The smallest absolute Gasteiger partial charge is 0.308 e. The lowest BCUT2D eigenvalue weighted by atomic mass is 9.89. The van der Waals surface area contributed by atoms with Crippen LogP contribution in [0.25, 0.3) is 11.3 Å². The summed E-state index contributed by atoms with van der Waals surface area (Å²) in [7, 11) is 1.47. The summed E-state index contributed by atoms with van der Waals surface area (Å²) >= 11 is 0. The normalized spacial score (nSPS) is 17.1. The quantitative estimate of drug-likeness (QED) is 0.740. The molecule has 0 atom stereocenters. The van der Waals surface area contributed by atoms with Crippen molar-refractivity contribution in [3.05, 3.63) is 36.3 Å². The van der Waals surface area contributed by atoms with E-state index in [4.69, 9.17) is 5.73 Å². The Morgan fingerprint density at radius 2 is 1.83 bits per heavy atom. The second kappa shape index (κ2) is 10.9. The minimum absolute atomic E-state index is 0.0142. The van der Waals surface area contributed by atoms with Crippen LogP contribution in [0.15, 0.2) is 30.5 Å². The fourth-order valence-electron chi connectivity index (χ4n) is 4.09. The van der Waals surface area contributed by atoms with Crippen LogP contribution in [0, 0.1) is 11.7 Å². The molecular formula is C23H31FN4O2. The lowest BCUT2D eigenvalue weighted by molar-refractivity contribution is -0.146. The Morgan fingerprint density at radius 1 is 1.13 bits per heavy atom. The van der Waals surface area contributed by atoms with Gasteiger partial charge in [-0.15, -0.1) is 0 Å². The van der Waals surface area contributed by atoms with Crippen molar-refractivity contribution in [1.29, 1.82) is 0 Å². The molecule has 162 valence electrons. The Hall–Kier alpha value is -2.70. The largest absolute Gasteiger partial charge is 0.469 e. The van der Waals surface area contributed by atoms with Crippen molar-refractivity contribution in [2.24, 2.45) is 5.92 Å². The van der Waals surface area contributed by atoms with Gasteiger partial charge in [-0.2, -0.15) is 0 Å². The summed E-state index contributed by atoms with van der Waals surface area (Å²) in [6.45, 7) is 2.11. The van der Waals surface area contributed by atoms with E-state index in [0.717, 1.165) is 43.4 Å². The second-order valence-corrected chi connectivity index (χ2v) is 7.88. The molecule has 30 heavy (non-hydrogen) atoms. The highest BCUT2D eigenvalue weighted by Gasteiger charge is 2.21. The zero-order valence-corrected chi connectivity index (χ0v) is 17.6. The number of nitrogens with zero attached hydrogens (tertiary/aromatic N) is 3. The van der Waals surface area contributed by atoms with E-state index < -0.39 is 5.82 Å². The SMILES string of the molecule is COC(=O)C1CCCCC1.Nc1ncc(F)c(-c2cccc(N3CCCCC3)c2)n1. The van der Waals surface area contributed by atoms with E-state index in [1.54, 1.807) is 0 Å². The monoisotopic (exact) mass is 414 g/mol. The number of carbonyl (C=O) groups is 1. The summed E-state index contributed by atoms with van der Waals surface area (Å²) in [5.74, 6) is -0.168. The van der Waals surface area contributed by atoms with Gasteiger partial charge in [0, 0.05) is 24.3 Å². The number of carbonyl (C=O) groups excluding carboxylic acids is 1. The Morgan fingerprint density at radius 3 is 2.53 bits per heavy atom. The molecule has 0 radical (unpaired) electrons. The van der Waals surface area contributed by atoms with Gasteiger partial charge in [0.1, 0.15) is 5.69 Å². The van der Waals surface area contributed by atoms with Crippen molar-refractivity contribution in [3.63, 3.8) is 0 Å². The van der Waals surface area contributed by atoms with E-state index in [0.29, 0.717) is 0 Å². The molecular weight excluding hydrogens is 383 g/mol. The van der Waals surface area contributed by atoms with Gasteiger partial charge in [0.05, 0.1) is 19.2 Å². The van der Waals surface area contributed by atoms with Crippen molar-refractivity contribution in [2.45, 2.75) is 51.4 Å². The van der Waals surface area contributed by atoms with Crippen LogP contribution >= 0.6 is 0 Å². The van der Waals surface area contributed by atoms with Gasteiger partial charge in [-0.3, -0.25) is 4.79 Å². The highest BCUT2D eigenvalue weighted by molar-refractivity contribution is 5.72. The summed E-state index contributed by atoms with van der Waals surface area (Å²) in [6.07, 6.45) is 10.6. The predicted molar refractivity (Wildman–Crippen MR) is 116 cm³/mol. The van der Waals surface area contributed by atoms with Crippen LogP contribution in [0.3, 0.4) is 0 Å². The topological polar surface area (TPSA) is 81.3 Å². The van der Waals surface area contributed by atoms with Crippen LogP contribution in [0.4, 0.5) is 16.0 Å². The number of nitrogen functional groups attached to an aromatic ring is 1. The third-order valence-electron chi connectivity index (χ3n) is 5.74. The number of anilines is 2. The highest BCUT2D eigenvalue weighted by Crippen LogP contribution is 2.27. The molecule has 0 spiro atoms. The average molecular weight is 415 g/mol. The average Bonchev–Trinajstić information content (AvgIpc) is 2.82. The molecule has 1 aliphatic carbocycles. The molecule has 1 aromatic heterocycles. The number of ether oxygens (including phenoxy) is 1. The maximum Gasteiger partial charge on any atom is 0.308 e. The summed E-state index contributed by atoms with van der Waals surface area (Å²) in [4.78, 5) is 20.9. The molecule has 0 unspecified atom stereocenters. The molecule has 2 aliphatic rings. The van der Waals surface area contributed by atoms with Gasteiger partial charge >= 0.3 is 5.97 Å². The number of piperidine rings is 1. The Labute approximate surface area is 177 Å². The van der Waals surface area contributed by atoms with Crippen LogP contribution in [0.2, 0.25) is 0 Å². The lowest BCUT2D eigenvalue weighted by Gasteiger charge is -2.29. The molecule has 1 aromatic carbocycles. The summed E-state index contributed by atoms with van der Waals surface area (Å²) in [5.41, 5.74) is 7.65. The molecule has 0 amide bonds. The van der Waals surface area contributed by atoms with Gasteiger partial charge in [0.25, 0.3) is 0 Å².